The largest absolute Gasteiger partial charge is 0.343 e. The molecule has 0 saturated heterocycles. The van der Waals surface area contributed by atoms with E-state index in [0.717, 1.165) is 35.2 Å². The predicted molar refractivity (Wildman–Crippen MR) is 128 cm³/mol. The maximum absolute atomic E-state index is 13.3. The second-order valence-electron chi connectivity index (χ2n) is 8.15. The number of ketones is 1. The van der Waals surface area contributed by atoms with Crippen molar-refractivity contribution in [2.45, 2.75) is 43.0 Å². The highest BCUT2D eigenvalue weighted by Crippen LogP contribution is 2.43. The number of rotatable bonds is 4. The van der Waals surface area contributed by atoms with Gasteiger partial charge in [0, 0.05) is 34.4 Å². The summed E-state index contributed by atoms with van der Waals surface area (Å²) in [6.07, 6.45) is 2.09. The zero-order valence-corrected chi connectivity index (χ0v) is 19.1. The normalized spacial score (nSPS) is 17.6. The number of allylic oxidation sites excluding steroid dienone is 2. The number of thioether (sulfide) groups is 1. The Morgan fingerprint density at radius 3 is 2.78 bits per heavy atom. The van der Waals surface area contributed by atoms with Gasteiger partial charge in [0.25, 0.3) is 5.56 Å². The van der Waals surface area contributed by atoms with E-state index in [1.54, 1.807) is 0 Å². The lowest BCUT2D eigenvalue weighted by atomic mass is 9.76. The first-order chi connectivity index (χ1) is 15.5. The van der Waals surface area contributed by atoms with Gasteiger partial charge in [-0.1, -0.05) is 71.4 Å². The fraction of sp³-hybridized carbons (Fsp3) is 0.240. The van der Waals surface area contributed by atoms with Gasteiger partial charge in [-0.25, -0.2) is 4.98 Å². The van der Waals surface area contributed by atoms with Crippen molar-refractivity contribution in [1.29, 1.82) is 0 Å². The summed E-state index contributed by atoms with van der Waals surface area (Å²) in [6, 6.07) is 15.7. The van der Waals surface area contributed by atoms with Crippen molar-refractivity contribution in [2.75, 3.05) is 5.32 Å². The number of halogens is 1. The van der Waals surface area contributed by atoms with Gasteiger partial charge in [0.15, 0.2) is 10.9 Å². The molecule has 1 atom stereocenters. The van der Waals surface area contributed by atoms with Crippen LogP contribution >= 0.6 is 23.4 Å². The highest BCUT2D eigenvalue weighted by atomic mass is 35.5. The van der Waals surface area contributed by atoms with Crippen LogP contribution in [-0.2, 0) is 10.5 Å². The topological polar surface area (TPSA) is 74.8 Å². The number of nitrogens with zero attached hydrogens (tertiary/aromatic N) is 1. The van der Waals surface area contributed by atoms with Crippen LogP contribution in [0.3, 0.4) is 0 Å². The molecule has 0 amide bonds. The summed E-state index contributed by atoms with van der Waals surface area (Å²) in [5.74, 6) is 0.824. The molecule has 5 rings (SSSR count). The molecule has 5 nitrogen and oxygen atoms in total. The zero-order valence-electron chi connectivity index (χ0n) is 17.6. The molecule has 2 aromatic carbocycles. The van der Waals surface area contributed by atoms with Crippen LogP contribution < -0.4 is 10.9 Å². The van der Waals surface area contributed by atoms with Crippen molar-refractivity contribution in [3.05, 3.63) is 97.4 Å². The van der Waals surface area contributed by atoms with E-state index in [1.807, 2.05) is 55.5 Å². The third-order valence-electron chi connectivity index (χ3n) is 5.93. The average Bonchev–Trinajstić information content (AvgIpc) is 2.77. The van der Waals surface area contributed by atoms with Gasteiger partial charge in [-0.2, -0.15) is 0 Å². The molecule has 2 N–H and O–H groups in total. The number of fused-ring (bicyclic) bond motifs is 1. The number of nitrogens with one attached hydrogen (secondary N) is 2. The lowest BCUT2D eigenvalue weighted by Crippen LogP contribution is -2.32. The monoisotopic (exact) mass is 463 g/mol. The van der Waals surface area contributed by atoms with Crippen LogP contribution in [0.25, 0.3) is 0 Å². The maximum atomic E-state index is 13.3. The lowest BCUT2D eigenvalue weighted by molar-refractivity contribution is -0.116. The van der Waals surface area contributed by atoms with Crippen molar-refractivity contribution >= 4 is 35.0 Å². The number of carbonyl (C=O) groups is 1. The Balaban J connectivity index is 1.57. The standard InChI is InChI=1S/C25H22ClN3O2S/c1-14-6-4-8-15(12-14)20-21-18(10-5-11-19(21)30)27-23-22(20)24(31)29-25(28-23)32-13-16-7-2-3-9-17(16)26/h2-4,6-9,12,20H,5,10-11,13H2,1H3,(H2,27,28,29,31). The van der Waals surface area contributed by atoms with E-state index in [0.29, 0.717) is 39.3 Å². The number of benzene rings is 2. The molecule has 3 aromatic rings. The van der Waals surface area contributed by atoms with Crippen LogP contribution in [0.4, 0.5) is 5.82 Å². The Morgan fingerprint density at radius 1 is 1.12 bits per heavy atom. The molecule has 0 radical (unpaired) electrons. The molecular formula is C25H22ClN3O2S. The van der Waals surface area contributed by atoms with Crippen molar-refractivity contribution < 1.29 is 4.79 Å². The first-order valence-electron chi connectivity index (χ1n) is 10.6. The first kappa shape index (κ1) is 21.0. The number of anilines is 1. The van der Waals surface area contributed by atoms with Gasteiger partial charge in [-0.15, -0.1) is 0 Å². The van der Waals surface area contributed by atoms with E-state index < -0.39 is 5.92 Å². The summed E-state index contributed by atoms with van der Waals surface area (Å²) >= 11 is 7.70. The van der Waals surface area contributed by atoms with Crippen molar-refractivity contribution in [1.82, 2.24) is 9.97 Å². The number of aromatic amines is 1. The van der Waals surface area contributed by atoms with E-state index >= 15 is 0 Å². The van der Waals surface area contributed by atoms with E-state index in [-0.39, 0.29) is 11.3 Å². The molecule has 2 heterocycles. The summed E-state index contributed by atoms with van der Waals surface area (Å²) in [5.41, 5.74) is 4.89. The van der Waals surface area contributed by atoms with Crippen LogP contribution in [0.5, 0.6) is 0 Å². The van der Waals surface area contributed by atoms with Crippen molar-refractivity contribution in [3.63, 3.8) is 0 Å². The molecule has 1 unspecified atom stereocenters. The summed E-state index contributed by atoms with van der Waals surface area (Å²) < 4.78 is 0. The minimum absolute atomic E-state index is 0.104. The Hall–Kier alpha value is -2.83. The number of hydrogen-bond acceptors (Lipinski definition) is 5. The first-order valence-corrected chi connectivity index (χ1v) is 12.0. The zero-order chi connectivity index (χ0) is 22.2. The van der Waals surface area contributed by atoms with Crippen molar-refractivity contribution in [2.24, 2.45) is 0 Å². The smallest absolute Gasteiger partial charge is 0.257 e. The van der Waals surface area contributed by atoms with Gasteiger partial charge in [0.2, 0.25) is 0 Å². The third kappa shape index (κ3) is 3.89. The molecule has 7 heteroatoms. The van der Waals surface area contributed by atoms with Gasteiger partial charge in [0.05, 0.1) is 5.56 Å². The van der Waals surface area contributed by atoms with Gasteiger partial charge < -0.3 is 10.3 Å². The van der Waals surface area contributed by atoms with Gasteiger partial charge in [-0.05, 0) is 37.0 Å². The van der Waals surface area contributed by atoms with E-state index in [1.165, 1.54) is 11.8 Å². The average molecular weight is 464 g/mol. The molecular weight excluding hydrogens is 442 g/mol. The molecule has 32 heavy (non-hydrogen) atoms. The number of aromatic nitrogens is 2. The third-order valence-corrected chi connectivity index (χ3v) is 7.22. The van der Waals surface area contributed by atoms with Crippen LogP contribution in [0.1, 0.15) is 47.4 Å². The highest BCUT2D eigenvalue weighted by molar-refractivity contribution is 7.98. The van der Waals surface area contributed by atoms with E-state index in [4.69, 9.17) is 16.6 Å². The predicted octanol–water partition coefficient (Wildman–Crippen LogP) is 5.59. The van der Waals surface area contributed by atoms with Crippen LogP contribution in [0.15, 0.2) is 69.8 Å². The van der Waals surface area contributed by atoms with E-state index in [2.05, 4.69) is 10.3 Å². The number of carbonyl (C=O) groups excluding carboxylic acids is 1. The number of hydrogen-bond donors (Lipinski definition) is 2. The fourth-order valence-electron chi connectivity index (χ4n) is 4.45. The minimum atomic E-state index is -0.409. The second-order valence-corrected chi connectivity index (χ2v) is 9.53. The quantitative estimate of drug-likeness (QED) is 0.389. The molecule has 0 bridgehead atoms. The molecule has 162 valence electrons. The molecule has 1 aliphatic carbocycles. The lowest BCUT2D eigenvalue weighted by Gasteiger charge is -2.32. The van der Waals surface area contributed by atoms with Crippen LogP contribution in [0, 0.1) is 6.92 Å². The molecule has 0 saturated carbocycles. The number of H-pyrrole nitrogens is 1. The van der Waals surface area contributed by atoms with Crippen LogP contribution in [0.2, 0.25) is 5.02 Å². The summed E-state index contributed by atoms with van der Waals surface area (Å²) in [5, 5.41) is 4.53. The van der Waals surface area contributed by atoms with Crippen LogP contribution in [-0.4, -0.2) is 15.8 Å². The second kappa shape index (κ2) is 8.60. The van der Waals surface area contributed by atoms with Crippen molar-refractivity contribution in [3.8, 4) is 0 Å². The Labute approximate surface area is 195 Å². The molecule has 1 aromatic heterocycles. The molecule has 1 aliphatic heterocycles. The highest BCUT2D eigenvalue weighted by Gasteiger charge is 2.37. The number of Topliss-reactive ketones (excluding diaryl/α,β-unsaturated/α-hetero) is 1. The Bertz CT molecular complexity index is 1310. The van der Waals surface area contributed by atoms with Gasteiger partial charge in [0.1, 0.15) is 5.82 Å². The van der Waals surface area contributed by atoms with Gasteiger partial charge in [-0.3, -0.25) is 9.59 Å². The van der Waals surface area contributed by atoms with Gasteiger partial charge >= 0.3 is 0 Å². The summed E-state index contributed by atoms with van der Waals surface area (Å²) in [7, 11) is 0. The summed E-state index contributed by atoms with van der Waals surface area (Å²) in [6.45, 7) is 2.01. The Morgan fingerprint density at radius 2 is 1.97 bits per heavy atom. The summed E-state index contributed by atoms with van der Waals surface area (Å²) in [4.78, 5) is 33.9. The number of aryl methyl sites for hydroxylation is 1. The fourth-order valence-corrected chi connectivity index (χ4v) is 5.60. The SMILES string of the molecule is Cc1cccc(C2C3=C(CCCC3=O)Nc3nc(SCc4ccccc4Cl)[nH]c(=O)c32)c1. The molecule has 2 aliphatic rings. The molecule has 0 fully saturated rings. The molecule has 0 spiro atoms. The van der Waals surface area contributed by atoms with E-state index in [9.17, 15) is 9.59 Å². The Kier molecular flexibility index (Phi) is 5.66. The minimum Gasteiger partial charge on any atom is -0.343 e. The maximum Gasteiger partial charge on any atom is 0.257 e.